The molecule has 104 valence electrons. The summed E-state index contributed by atoms with van der Waals surface area (Å²) < 4.78 is 0. The number of carbonyl (C=O) groups is 1. The first-order valence-electron chi connectivity index (χ1n) is 5.62. The van der Waals surface area contributed by atoms with Crippen LogP contribution in [0, 0.1) is 10.1 Å². The molecule has 20 heavy (non-hydrogen) atoms. The largest absolute Gasteiger partial charge is 0.480 e. The van der Waals surface area contributed by atoms with Gasteiger partial charge < -0.3 is 10.4 Å². The number of fused-ring (bicyclic) bond motifs is 1. The van der Waals surface area contributed by atoms with E-state index in [0.29, 0.717) is 10.8 Å². The molecule has 0 radical (unpaired) electrons. The number of aliphatic carboxylic acids is 1. The Kier molecular flexibility index (Phi) is 3.71. The molecule has 1 aromatic heterocycles. The highest BCUT2D eigenvalue weighted by Gasteiger charge is 2.18. The van der Waals surface area contributed by atoms with Gasteiger partial charge in [0.25, 0.3) is 5.69 Å². The summed E-state index contributed by atoms with van der Waals surface area (Å²) in [6.07, 6.45) is 1.38. The molecule has 2 N–H and O–H groups in total. The third-order valence-electron chi connectivity index (χ3n) is 2.74. The third-order valence-corrected chi connectivity index (χ3v) is 2.96. The van der Waals surface area contributed by atoms with E-state index in [-0.39, 0.29) is 16.5 Å². The summed E-state index contributed by atoms with van der Waals surface area (Å²) in [6.45, 7) is 1.45. The average molecular weight is 296 g/mol. The van der Waals surface area contributed by atoms with Crippen LogP contribution < -0.4 is 5.32 Å². The fourth-order valence-corrected chi connectivity index (χ4v) is 1.98. The fourth-order valence-electron chi connectivity index (χ4n) is 1.76. The van der Waals surface area contributed by atoms with Crippen molar-refractivity contribution in [3.8, 4) is 0 Å². The lowest BCUT2D eigenvalue weighted by molar-refractivity contribution is -0.383. The molecule has 0 aliphatic rings. The quantitative estimate of drug-likeness (QED) is 0.663. The first kappa shape index (κ1) is 14.0. The zero-order valence-corrected chi connectivity index (χ0v) is 11.1. The number of nitrogens with zero attached hydrogens (tertiary/aromatic N) is 2. The minimum absolute atomic E-state index is 0.152. The van der Waals surface area contributed by atoms with Gasteiger partial charge in [-0.3, -0.25) is 14.9 Å². The summed E-state index contributed by atoms with van der Waals surface area (Å²) in [5.74, 6) is -0.816. The Morgan fingerprint density at radius 3 is 2.80 bits per heavy atom. The van der Waals surface area contributed by atoms with Gasteiger partial charge in [-0.2, -0.15) is 0 Å². The Morgan fingerprint density at radius 1 is 1.50 bits per heavy atom. The molecule has 1 aromatic carbocycles. The van der Waals surface area contributed by atoms with E-state index >= 15 is 0 Å². The molecule has 0 fully saturated rings. The van der Waals surface area contributed by atoms with Gasteiger partial charge >= 0.3 is 5.97 Å². The van der Waals surface area contributed by atoms with E-state index in [4.69, 9.17) is 16.7 Å². The minimum atomic E-state index is -1.06. The molecule has 0 amide bonds. The Morgan fingerprint density at radius 2 is 2.20 bits per heavy atom. The van der Waals surface area contributed by atoms with Crippen LogP contribution >= 0.6 is 11.6 Å². The van der Waals surface area contributed by atoms with Crippen LogP contribution in [0.25, 0.3) is 10.8 Å². The highest BCUT2D eigenvalue weighted by atomic mass is 35.5. The highest BCUT2D eigenvalue weighted by molar-refractivity contribution is 6.32. The van der Waals surface area contributed by atoms with Crippen LogP contribution in [0.4, 0.5) is 11.5 Å². The van der Waals surface area contributed by atoms with Gasteiger partial charge in [0, 0.05) is 22.7 Å². The van der Waals surface area contributed by atoms with Gasteiger partial charge in [-0.25, -0.2) is 4.98 Å². The monoisotopic (exact) mass is 295 g/mol. The molecular weight excluding hydrogens is 286 g/mol. The van der Waals surface area contributed by atoms with Gasteiger partial charge in [-0.05, 0) is 19.1 Å². The second-order valence-electron chi connectivity index (χ2n) is 4.14. The number of aromatic nitrogens is 1. The Balaban J connectivity index is 2.63. The lowest BCUT2D eigenvalue weighted by atomic mass is 10.1. The standard InChI is InChI=1S/C12H10ClN3O4/c1-6(12(17)18)15-11-9-4-7(13)5-10(16(19)20)8(9)2-3-14-11/h2-6H,1H3,(H,14,15)(H,17,18). The predicted octanol–water partition coefficient (Wildman–Crippen LogP) is 2.68. The van der Waals surface area contributed by atoms with Gasteiger partial charge in [0.15, 0.2) is 0 Å². The minimum Gasteiger partial charge on any atom is -0.480 e. The number of nitro groups is 1. The van der Waals surface area contributed by atoms with Crippen molar-refractivity contribution < 1.29 is 14.8 Å². The van der Waals surface area contributed by atoms with Crippen molar-refractivity contribution in [1.29, 1.82) is 0 Å². The second-order valence-corrected chi connectivity index (χ2v) is 4.58. The van der Waals surface area contributed by atoms with E-state index in [9.17, 15) is 14.9 Å². The van der Waals surface area contributed by atoms with Crippen LogP contribution in [-0.2, 0) is 4.79 Å². The van der Waals surface area contributed by atoms with E-state index in [2.05, 4.69) is 10.3 Å². The number of non-ortho nitro benzene ring substituents is 1. The summed E-state index contributed by atoms with van der Waals surface area (Å²) in [5, 5.41) is 23.5. The summed E-state index contributed by atoms with van der Waals surface area (Å²) in [4.78, 5) is 25.4. The maximum Gasteiger partial charge on any atom is 0.325 e. The Bertz CT molecular complexity index is 704. The fraction of sp³-hybridized carbons (Fsp3) is 0.167. The molecule has 1 heterocycles. The van der Waals surface area contributed by atoms with Crippen LogP contribution in [-0.4, -0.2) is 27.0 Å². The summed E-state index contributed by atoms with van der Waals surface area (Å²) in [6, 6.07) is 3.36. The van der Waals surface area contributed by atoms with Crippen molar-refractivity contribution >= 4 is 39.8 Å². The second kappa shape index (κ2) is 5.30. The molecule has 0 aliphatic carbocycles. The summed E-state index contributed by atoms with van der Waals surface area (Å²) in [7, 11) is 0. The van der Waals surface area contributed by atoms with E-state index in [1.165, 1.54) is 31.3 Å². The smallest absolute Gasteiger partial charge is 0.325 e. The van der Waals surface area contributed by atoms with Gasteiger partial charge in [0.05, 0.1) is 10.3 Å². The third kappa shape index (κ3) is 2.62. The Hall–Kier alpha value is -2.41. The number of carboxylic acids is 1. The number of benzene rings is 1. The van der Waals surface area contributed by atoms with Crippen LogP contribution in [0.5, 0.6) is 0 Å². The first-order chi connectivity index (χ1) is 9.40. The van der Waals surface area contributed by atoms with Gasteiger partial charge in [-0.1, -0.05) is 11.6 Å². The van der Waals surface area contributed by atoms with Crippen LogP contribution in [0.2, 0.25) is 5.02 Å². The van der Waals surface area contributed by atoms with E-state index < -0.39 is 16.9 Å². The number of halogens is 1. The molecule has 0 saturated heterocycles. The number of nitro benzene ring substituents is 1. The van der Waals surface area contributed by atoms with Crippen molar-refractivity contribution in [1.82, 2.24) is 4.98 Å². The maximum absolute atomic E-state index is 11.0. The first-order valence-corrected chi connectivity index (χ1v) is 6.00. The maximum atomic E-state index is 11.0. The van der Waals surface area contributed by atoms with Crippen molar-refractivity contribution in [2.45, 2.75) is 13.0 Å². The van der Waals surface area contributed by atoms with Gasteiger partial charge in [0.1, 0.15) is 11.9 Å². The van der Waals surface area contributed by atoms with Crippen molar-refractivity contribution in [3.05, 3.63) is 39.5 Å². The molecule has 0 spiro atoms. The van der Waals surface area contributed by atoms with Gasteiger partial charge in [0.2, 0.25) is 0 Å². The molecule has 1 unspecified atom stereocenters. The molecule has 0 aliphatic heterocycles. The number of carboxylic acid groups (broad SMARTS) is 1. The van der Waals surface area contributed by atoms with Crippen molar-refractivity contribution in [3.63, 3.8) is 0 Å². The summed E-state index contributed by atoms with van der Waals surface area (Å²) in [5.41, 5.74) is -0.152. The summed E-state index contributed by atoms with van der Waals surface area (Å²) >= 11 is 5.86. The highest BCUT2D eigenvalue weighted by Crippen LogP contribution is 2.32. The molecular formula is C12H10ClN3O4. The normalized spacial score (nSPS) is 12.1. The Labute approximate surface area is 118 Å². The SMILES string of the molecule is CC(Nc1nccc2c([N+](=O)[O-])cc(Cl)cc12)C(=O)O. The number of hydrogen-bond acceptors (Lipinski definition) is 5. The number of rotatable bonds is 4. The zero-order chi connectivity index (χ0) is 14.9. The molecule has 0 bridgehead atoms. The molecule has 2 aromatic rings. The van der Waals surface area contributed by atoms with E-state index in [0.717, 1.165) is 0 Å². The van der Waals surface area contributed by atoms with Crippen LogP contribution in [0.3, 0.4) is 0 Å². The van der Waals surface area contributed by atoms with Crippen LogP contribution in [0.15, 0.2) is 24.4 Å². The van der Waals surface area contributed by atoms with Crippen molar-refractivity contribution in [2.75, 3.05) is 5.32 Å². The lowest BCUT2D eigenvalue weighted by Gasteiger charge is -2.12. The van der Waals surface area contributed by atoms with Crippen LogP contribution in [0.1, 0.15) is 6.92 Å². The average Bonchev–Trinajstić information content (AvgIpc) is 2.38. The molecule has 8 heteroatoms. The number of pyridine rings is 1. The number of nitrogens with one attached hydrogen (secondary N) is 1. The lowest BCUT2D eigenvalue weighted by Crippen LogP contribution is -2.25. The molecule has 7 nitrogen and oxygen atoms in total. The van der Waals surface area contributed by atoms with E-state index in [1.54, 1.807) is 0 Å². The topological polar surface area (TPSA) is 105 Å². The zero-order valence-electron chi connectivity index (χ0n) is 10.3. The molecule has 2 rings (SSSR count). The predicted molar refractivity (Wildman–Crippen MR) is 74.1 cm³/mol. The van der Waals surface area contributed by atoms with Gasteiger partial charge in [-0.15, -0.1) is 0 Å². The number of anilines is 1. The van der Waals surface area contributed by atoms with Crippen molar-refractivity contribution in [2.24, 2.45) is 0 Å². The molecule has 0 saturated carbocycles. The molecule has 1 atom stereocenters. The number of hydrogen-bond donors (Lipinski definition) is 2. The van der Waals surface area contributed by atoms with E-state index in [1.807, 2.05) is 0 Å².